The number of ether oxygens (including phenoxy) is 2. The van der Waals surface area contributed by atoms with Crippen LogP contribution >= 0.6 is 0 Å². The molecule has 0 radical (unpaired) electrons. The number of rotatable bonds is 3. The molecule has 3 heterocycles. The van der Waals surface area contributed by atoms with Gasteiger partial charge < -0.3 is 19.3 Å². The van der Waals surface area contributed by atoms with Crippen molar-refractivity contribution in [1.82, 2.24) is 9.80 Å². The lowest BCUT2D eigenvalue weighted by atomic mass is 9.98. The van der Waals surface area contributed by atoms with Crippen molar-refractivity contribution in [2.24, 2.45) is 5.92 Å². The average Bonchev–Trinajstić information content (AvgIpc) is 3.16. The fourth-order valence-electron chi connectivity index (χ4n) is 4.35. The van der Waals surface area contributed by atoms with E-state index in [1.165, 1.54) is 0 Å². The van der Waals surface area contributed by atoms with Gasteiger partial charge in [0.2, 0.25) is 11.8 Å². The molecule has 0 aliphatic carbocycles. The van der Waals surface area contributed by atoms with Gasteiger partial charge in [-0.05, 0) is 30.9 Å². The summed E-state index contributed by atoms with van der Waals surface area (Å²) in [6.45, 7) is 4.28. The second-order valence-electron chi connectivity index (χ2n) is 7.93. The quantitative estimate of drug-likeness (QED) is 0.748. The van der Waals surface area contributed by atoms with Crippen molar-refractivity contribution in [2.45, 2.75) is 24.9 Å². The van der Waals surface area contributed by atoms with E-state index in [-0.39, 0.29) is 17.7 Å². The standard InChI is InChI=1S/C22H28N2O4/c25-20(7-6-18-4-2-1-3-5-18)23-12-15-28-22(16-23)10-11-24(17-22)21(26)19-8-13-27-14-9-19/h1-7,19H,8-17H2/b7-6+. The highest BCUT2D eigenvalue weighted by Gasteiger charge is 2.45. The lowest BCUT2D eigenvalue weighted by molar-refractivity contribution is -0.147. The number of carbonyl (C=O) groups excluding carboxylic acids is 2. The van der Waals surface area contributed by atoms with Gasteiger partial charge in [0.15, 0.2) is 0 Å². The summed E-state index contributed by atoms with van der Waals surface area (Å²) in [5.41, 5.74) is 0.586. The molecule has 3 aliphatic rings. The largest absolute Gasteiger partial charge is 0.381 e. The van der Waals surface area contributed by atoms with Crippen molar-refractivity contribution in [3.63, 3.8) is 0 Å². The maximum absolute atomic E-state index is 12.8. The first kappa shape index (κ1) is 19.2. The van der Waals surface area contributed by atoms with Crippen LogP contribution in [0.15, 0.2) is 36.4 Å². The van der Waals surface area contributed by atoms with Gasteiger partial charge in [-0.1, -0.05) is 30.3 Å². The summed E-state index contributed by atoms with van der Waals surface area (Å²) in [7, 11) is 0. The monoisotopic (exact) mass is 384 g/mol. The van der Waals surface area contributed by atoms with Crippen molar-refractivity contribution in [3.8, 4) is 0 Å². The van der Waals surface area contributed by atoms with Gasteiger partial charge >= 0.3 is 0 Å². The van der Waals surface area contributed by atoms with Gasteiger partial charge in [0.05, 0.1) is 19.7 Å². The van der Waals surface area contributed by atoms with Gasteiger partial charge in [0, 0.05) is 38.3 Å². The molecule has 3 saturated heterocycles. The predicted molar refractivity (Wildman–Crippen MR) is 105 cm³/mol. The van der Waals surface area contributed by atoms with Gasteiger partial charge in [0.1, 0.15) is 5.60 Å². The molecule has 3 aliphatic heterocycles. The van der Waals surface area contributed by atoms with E-state index >= 15 is 0 Å². The highest BCUT2D eigenvalue weighted by atomic mass is 16.5. The molecule has 0 N–H and O–H groups in total. The van der Waals surface area contributed by atoms with Gasteiger partial charge in [-0.15, -0.1) is 0 Å². The van der Waals surface area contributed by atoms with E-state index in [4.69, 9.17) is 9.47 Å². The lowest BCUT2D eigenvalue weighted by Gasteiger charge is -2.40. The summed E-state index contributed by atoms with van der Waals surface area (Å²) in [5.74, 6) is 0.288. The molecule has 150 valence electrons. The minimum absolute atomic E-state index is 0.000680. The number of hydrogen-bond acceptors (Lipinski definition) is 4. The molecule has 0 aromatic heterocycles. The van der Waals surface area contributed by atoms with Crippen LogP contribution in [0.3, 0.4) is 0 Å². The van der Waals surface area contributed by atoms with Crippen molar-refractivity contribution < 1.29 is 19.1 Å². The molecule has 6 nitrogen and oxygen atoms in total. The third-order valence-corrected chi connectivity index (χ3v) is 5.98. The second-order valence-corrected chi connectivity index (χ2v) is 7.93. The Kier molecular flexibility index (Phi) is 5.78. The van der Waals surface area contributed by atoms with Crippen LogP contribution in [0.4, 0.5) is 0 Å². The van der Waals surface area contributed by atoms with Crippen molar-refractivity contribution in [1.29, 1.82) is 0 Å². The van der Waals surface area contributed by atoms with Gasteiger partial charge in [-0.3, -0.25) is 9.59 Å². The Bertz CT molecular complexity index is 729. The number of amides is 2. The Labute approximate surface area is 166 Å². The second kappa shape index (κ2) is 8.45. The topological polar surface area (TPSA) is 59.1 Å². The number of hydrogen-bond donors (Lipinski definition) is 0. The molecule has 0 saturated carbocycles. The first-order valence-electron chi connectivity index (χ1n) is 10.2. The van der Waals surface area contributed by atoms with Crippen LogP contribution in [0.1, 0.15) is 24.8 Å². The Morgan fingerprint density at radius 2 is 1.75 bits per heavy atom. The van der Waals surface area contributed by atoms with Crippen LogP contribution < -0.4 is 0 Å². The molecule has 1 aromatic rings. The molecule has 1 unspecified atom stereocenters. The zero-order valence-corrected chi connectivity index (χ0v) is 16.2. The van der Waals surface area contributed by atoms with Crippen molar-refractivity contribution >= 4 is 17.9 Å². The Hall–Kier alpha value is -2.18. The first-order chi connectivity index (χ1) is 13.7. The Morgan fingerprint density at radius 3 is 2.54 bits per heavy atom. The maximum atomic E-state index is 12.8. The molecule has 1 atom stereocenters. The van der Waals surface area contributed by atoms with E-state index < -0.39 is 5.60 Å². The minimum atomic E-state index is -0.421. The van der Waals surface area contributed by atoms with E-state index in [1.54, 1.807) is 6.08 Å². The normalized spacial score (nSPS) is 26.3. The van der Waals surface area contributed by atoms with E-state index in [9.17, 15) is 9.59 Å². The molecule has 3 fully saturated rings. The Balaban J connectivity index is 1.36. The van der Waals surface area contributed by atoms with E-state index in [1.807, 2.05) is 46.2 Å². The van der Waals surface area contributed by atoms with Crippen LogP contribution in [0, 0.1) is 5.92 Å². The smallest absolute Gasteiger partial charge is 0.246 e. The number of nitrogens with zero attached hydrogens (tertiary/aromatic N) is 2. The molecule has 4 rings (SSSR count). The third kappa shape index (κ3) is 4.28. The van der Waals surface area contributed by atoms with Crippen molar-refractivity contribution in [3.05, 3.63) is 42.0 Å². The number of benzene rings is 1. The van der Waals surface area contributed by atoms with Crippen LogP contribution in [-0.4, -0.2) is 73.2 Å². The molecule has 0 bridgehead atoms. The summed E-state index contributed by atoms with van der Waals surface area (Å²) >= 11 is 0. The number of carbonyl (C=O) groups is 2. The van der Waals surface area contributed by atoms with Crippen LogP contribution in [-0.2, 0) is 19.1 Å². The molecule has 28 heavy (non-hydrogen) atoms. The van der Waals surface area contributed by atoms with Crippen molar-refractivity contribution in [2.75, 3.05) is 46.0 Å². The predicted octanol–water partition coefficient (Wildman–Crippen LogP) is 1.96. The maximum Gasteiger partial charge on any atom is 0.246 e. The van der Waals surface area contributed by atoms with Gasteiger partial charge in [-0.2, -0.15) is 0 Å². The van der Waals surface area contributed by atoms with E-state index in [0.29, 0.717) is 46.0 Å². The molecule has 2 amide bonds. The SMILES string of the molecule is O=C(/C=C/c1ccccc1)N1CCOC2(CCN(C(=O)C3CCOCC3)C2)C1. The van der Waals surface area contributed by atoms with Crippen LogP contribution in [0.2, 0.25) is 0 Å². The van der Waals surface area contributed by atoms with Crippen LogP contribution in [0.25, 0.3) is 6.08 Å². The first-order valence-corrected chi connectivity index (χ1v) is 10.2. The molecule has 1 spiro atoms. The third-order valence-electron chi connectivity index (χ3n) is 5.98. The summed E-state index contributed by atoms with van der Waals surface area (Å²) in [5, 5.41) is 0. The average molecular weight is 384 g/mol. The molecular formula is C22H28N2O4. The summed E-state index contributed by atoms with van der Waals surface area (Å²) in [6, 6.07) is 9.81. The summed E-state index contributed by atoms with van der Waals surface area (Å²) < 4.78 is 11.5. The van der Waals surface area contributed by atoms with E-state index in [2.05, 4.69) is 0 Å². The van der Waals surface area contributed by atoms with Crippen LogP contribution in [0.5, 0.6) is 0 Å². The zero-order chi connectivity index (χ0) is 19.4. The fraction of sp³-hybridized carbons (Fsp3) is 0.545. The number of morpholine rings is 1. The number of likely N-dealkylation sites (tertiary alicyclic amines) is 1. The summed E-state index contributed by atoms with van der Waals surface area (Å²) in [6.07, 6.45) is 5.87. The molecular weight excluding hydrogens is 356 g/mol. The lowest BCUT2D eigenvalue weighted by Crippen LogP contribution is -2.55. The zero-order valence-electron chi connectivity index (χ0n) is 16.2. The highest BCUT2D eigenvalue weighted by molar-refractivity contribution is 5.92. The highest BCUT2D eigenvalue weighted by Crippen LogP contribution is 2.31. The van der Waals surface area contributed by atoms with Gasteiger partial charge in [0.25, 0.3) is 0 Å². The minimum Gasteiger partial charge on any atom is -0.381 e. The van der Waals surface area contributed by atoms with E-state index in [0.717, 1.165) is 24.8 Å². The van der Waals surface area contributed by atoms with Gasteiger partial charge in [-0.25, -0.2) is 0 Å². The molecule has 6 heteroatoms. The Morgan fingerprint density at radius 1 is 1.00 bits per heavy atom. The fourth-order valence-corrected chi connectivity index (χ4v) is 4.35. The molecule has 1 aromatic carbocycles. The summed E-state index contributed by atoms with van der Waals surface area (Å²) in [4.78, 5) is 29.3.